The summed E-state index contributed by atoms with van der Waals surface area (Å²) >= 11 is 1.67. The summed E-state index contributed by atoms with van der Waals surface area (Å²) in [5.74, 6) is -0.475. The van der Waals surface area contributed by atoms with Gasteiger partial charge in [-0.3, -0.25) is 14.5 Å². The van der Waals surface area contributed by atoms with Crippen LogP contribution in [0, 0.1) is 0 Å². The summed E-state index contributed by atoms with van der Waals surface area (Å²) in [5.41, 5.74) is 5.48. The summed E-state index contributed by atoms with van der Waals surface area (Å²) in [6, 6.07) is 17.3. The number of benzene rings is 2. The summed E-state index contributed by atoms with van der Waals surface area (Å²) in [6.07, 6.45) is 2.17. The Bertz CT molecular complexity index is 1100. The number of hydrogen-bond donors (Lipinski definition) is 0. The van der Waals surface area contributed by atoms with Crippen LogP contribution in [-0.4, -0.2) is 42.0 Å². The molecule has 2 aliphatic heterocycles. The number of fused-ring (bicyclic) bond motifs is 2. The van der Waals surface area contributed by atoms with Gasteiger partial charge in [0.25, 0.3) is 11.8 Å². The zero-order valence-electron chi connectivity index (χ0n) is 15.9. The Kier molecular flexibility index (Phi) is 4.30. The van der Waals surface area contributed by atoms with Crippen molar-refractivity contribution in [2.45, 2.75) is 0 Å². The lowest BCUT2D eigenvalue weighted by molar-refractivity contribution is 0.0547. The third-order valence-electron chi connectivity index (χ3n) is 5.49. The molecular weight excluding hydrogens is 382 g/mol. The van der Waals surface area contributed by atoms with Crippen LogP contribution in [0.3, 0.4) is 0 Å². The smallest absolute Gasteiger partial charge is 0.262 e. The van der Waals surface area contributed by atoms with E-state index in [9.17, 15) is 9.59 Å². The largest absolute Gasteiger partial charge is 0.306 e. The molecule has 0 atom stereocenters. The van der Waals surface area contributed by atoms with Crippen LogP contribution >= 0.6 is 11.3 Å². The van der Waals surface area contributed by atoms with Gasteiger partial charge in [0.2, 0.25) is 0 Å². The maximum atomic E-state index is 12.8. The minimum atomic E-state index is -0.237. The summed E-state index contributed by atoms with van der Waals surface area (Å²) in [4.78, 5) is 27.0. The first-order valence-electron chi connectivity index (χ1n) is 9.41. The average Bonchev–Trinajstić information content (AvgIpc) is 3.33. The molecule has 0 radical (unpaired) electrons. The highest BCUT2D eigenvalue weighted by Gasteiger charge is 2.37. The molecule has 0 saturated heterocycles. The van der Waals surface area contributed by atoms with E-state index < -0.39 is 0 Å². The number of thiophene rings is 1. The number of anilines is 1. The number of rotatable bonds is 3. The van der Waals surface area contributed by atoms with Crippen molar-refractivity contribution in [3.05, 3.63) is 93.7 Å². The van der Waals surface area contributed by atoms with Crippen LogP contribution in [0.5, 0.6) is 0 Å². The molecule has 0 spiro atoms. The van der Waals surface area contributed by atoms with Crippen LogP contribution in [0.4, 0.5) is 5.69 Å². The fourth-order valence-corrected chi connectivity index (χ4v) is 4.60. The van der Waals surface area contributed by atoms with Crippen molar-refractivity contribution in [2.75, 3.05) is 25.3 Å². The number of carbonyl (C=O) groups is 2. The van der Waals surface area contributed by atoms with E-state index in [0.717, 1.165) is 11.3 Å². The van der Waals surface area contributed by atoms with E-state index in [1.165, 1.54) is 16.0 Å². The molecule has 5 nitrogen and oxygen atoms in total. The average molecular weight is 401 g/mol. The van der Waals surface area contributed by atoms with Gasteiger partial charge in [0.05, 0.1) is 16.8 Å². The second-order valence-electron chi connectivity index (χ2n) is 7.08. The highest BCUT2D eigenvalue weighted by atomic mass is 32.1. The highest BCUT2D eigenvalue weighted by Crippen LogP contribution is 2.35. The maximum absolute atomic E-state index is 12.8. The highest BCUT2D eigenvalue weighted by molar-refractivity contribution is 7.08. The molecule has 3 heterocycles. The van der Waals surface area contributed by atoms with Crippen molar-refractivity contribution in [3.63, 3.8) is 0 Å². The molecule has 0 bridgehead atoms. The van der Waals surface area contributed by atoms with Crippen molar-refractivity contribution in [2.24, 2.45) is 0 Å². The minimum Gasteiger partial charge on any atom is -0.306 e. The van der Waals surface area contributed by atoms with Crippen LogP contribution in [0.25, 0.3) is 5.57 Å². The Balaban J connectivity index is 1.50. The van der Waals surface area contributed by atoms with Gasteiger partial charge in [-0.15, -0.1) is 0 Å². The number of nitrogens with zero attached hydrogens (tertiary/aromatic N) is 3. The normalized spacial score (nSPS) is 16.5. The number of amides is 2. The molecule has 0 unspecified atom stereocenters. The van der Waals surface area contributed by atoms with Gasteiger partial charge in [-0.05, 0) is 46.2 Å². The zero-order valence-corrected chi connectivity index (χ0v) is 16.7. The van der Waals surface area contributed by atoms with Crippen LogP contribution in [0.15, 0.2) is 71.4 Å². The predicted octanol–water partition coefficient (Wildman–Crippen LogP) is 4.10. The van der Waals surface area contributed by atoms with Crippen molar-refractivity contribution in [1.82, 2.24) is 9.91 Å². The van der Waals surface area contributed by atoms with E-state index in [0.29, 0.717) is 17.7 Å². The Hall–Kier alpha value is -3.22. The first-order chi connectivity index (χ1) is 14.1. The lowest BCUT2D eigenvalue weighted by Gasteiger charge is -2.34. The molecular formula is C23H19N3O2S. The fourth-order valence-electron chi connectivity index (χ4n) is 3.94. The van der Waals surface area contributed by atoms with E-state index in [1.54, 1.807) is 35.6 Å². The molecule has 0 N–H and O–H groups in total. The third kappa shape index (κ3) is 2.88. The molecule has 3 aromatic rings. The van der Waals surface area contributed by atoms with E-state index in [-0.39, 0.29) is 18.5 Å². The van der Waals surface area contributed by atoms with Crippen molar-refractivity contribution >= 4 is 34.4 Å². The summed E-state index contributed by atoms with van der Waals surface area (Å²) < 4.78 is 0. The fraction of sp³-hybridized carbons (Fsp3) is 0.130. The van der Waals surface area contributed by atoms with Gasteiger partial charge in [0.15, 0.2) is 0 Å². The Morgan fingerprint density at radius 2 is 1.55 bits per heavy atom. The number of imide groups is 1. The van der Waals surface area contributed by atoms with Crippen molar-refractivity contribution in [3.8, 4) is 0 Å². The van der Waals surface area contributed by atoms with Crippen LogP contribution in [0.1, 0.15) is 31.8 Å². The Labute approximate surface area is 173 Å². The lowest BCUT2D eigenvalue weighted by atomic mass is 9.98. The summed E-state index contributed by atoms with van der Waals surface area (Å²) in [5, 5.41) is 8.26. The zero-order chi connectivity index (χ0) is 20.0. The molecule has 2 aliphatic rings. The second kappa shape index (κ2) is 6.99. The summed E-state index contributed by atoms with van der Waals surface area (Å²) in [6.45, 7) is 0.786. The quantitative estimate of drug-likeness (QED) is 0.620. The van der Waals surface area contributed by atoms with E-state index >= 15 is 0 Å². The molecule has 2 amide bonds. The van der Waals surface area contributed by atoms with E-state index in [1.807, 2.05) is 29.2 Å². The van der Waals surface area contributed by atoms with Gasteiger partial charge in [-0.1, -0.05) is 36.4 Å². The molecule has 2 aromatic carbocycles. The van der Waals surface area contributed by atoms with Crippen LogP contribution < -0.4 is 5.01 Å². The van der Waals surface area contributed by atoms with Gasteiger partial charge in [-0.25, -0.2) is 0 Å². The number of hydrogen-bond acceptors (Lipinski definition) is 5. The lowest BCUT2D eigenvalue weighted by Crippen LogP contribution is -2.48. The van der Waals surface area contributed by atoms with Gasteiger partial charge >= 0.3 is 0 Å². The Morgan fingerprint density at radius 3 is 2.21 bits per heavy atom. The standard InChI is InChI=1S/C23H19N3O2S/c1-24-21-9-5-4-6-18(21)17(16-11-13-29-14-16)10-12-25(24)15-26-22(27)19-7-2-3-8-20(19)23(26)28/h2-11,13-14H,12,15H2,1H3. The topological polar surface area (TPSA) is 43.9 Å². The molecule has 0 aliphatic carbocycles. The van der Waals surface area contributed by atoms with Crippen molar-refractivity contribution in [1.29, 1.82) is 0 Å². The number of carbonyl (C=O) groups excluding carboxylic acids is 2. The molecule has 1 aromatic heterocycles. The number of hydrazine groups is 1. The SMILES string of the molecule is CN1c2ccccc2C(c2ccsc2)=CCN1CN1C(=O)c2ccccc2C1=O. The monoisotopic (exact) mass is 401 g/mol. The first-order valence-corrected chi connectivity index (χ1v) is 10.4. The van der Waals surface area contributed by atoms with Crippen LogP contribution in [0.2, 0.25) is 0 Å². The second-order valence-corrected chi connectivity index (χ2v) is 7.86. The van der Waals surface area contributed by atoms with Gasteiger partial charge < -0.3 is 5.01 Å². The first kappa shape index (κ1) is 17.8. The molecule has 5 rings (SSSR count). The molecule has 0 saturated carbocycles. The summed E-state index contributed by atoms with van der Waals surface area (Å²) in [7, 11) is 1.97. The third-order valence-corrected chi connectivity index (χ3v) is 6.17. The van der Waals surface area contributed by atoms with E-state index in [2.05, 4.69) is 35.0 Å². The molecule has 144 valence electrons. The predicted molar refractivity (Wildman–Crippen MR) is 115 cm³/mol. The van der Waals surface area contributed by atoms with Gasteiger partial charge in [-0.2, -0.15) is 16.3 Å². The van der Waals surface area contributed by atoms with Gasteiger partial charge in [0, 0.05) is 19.2 Å². The van der Waals surface area contributed by atoms with Gasteiger partial charge in [0.1, 0.15) is 6.67 Å². The molecule has 29 heavy (non-hydrogen) atoms. The number of para-hydroxylation sites is 1. The molecule has 0 fully saturated rings. The van der Waals surface area contributed by atoms with Crippen molar-refractivity contribution < 1.29 is 9.59 Å². The Morgan fingerprint density at radius 1 is 0.897 bits per heavy atom. The maximum Gasteiger partial charge on any atom is 0.262 e. The van der Waals surface area contributed by atoms with E-state index in [4.69, 9.17) is 0 Å². The minimum absolute atomic E-state index is 0.199. The van der Waals surface area contributed by atoms with Crippen LogP contribution in [-0.2, 0) is 0 Å². The molecule has 6 heteroatoms.